The van der Waals surface area contributed by atoms with E-state index < -0.39 is 0 Å². The molecule has 0 aliphatic heterocycles. The van der Waals surface area contributed by atoms with Crippen LogP contribution in [0.5, 0.6) is 0 Å². The van der Waals surface area contributed by atoms with Gasteiger partial charge in [-0.3, -0.25) is 9.48 Å². The van der Waals surface area contributed by atoms with Gasteiger partial charge in [-0.25, -0.2) is 0 Å². The SMILES string of the molecule is CC(c1ccccc1Cl)N(C)C(=O)c1cn(CCN)nn1. The molecule has 2 N–H and O–H groups in total. The Morgan fingerprint density at radius 1 is 1.48 bits per heavy atom. The van der Waals surface area contributed by atoms with Crippen LogP contribution in [0, 0.1) is 0 Å². The molecule has 0 aliphatic rings. The van der Waals surface area contributed by atoms with E-state index in [0.717, 1.165) is 5.56 Å². The highest BCUT2D eigenvalue weighted by atomic mass is 35.5. The molecule has 112 valence electrons. The third-order valence-electron chi connectivity index (χ3n) is 3.37. The van der Waals surface area contributed by atoms with Gasteiger partial charge in [0.15, 0.2) is 5.69 Å². The van der Waals surface area contributed by atoms with E-state index in [0.29, 0.717) is 23.8 Å². The second kappa shape index (κ2) is 6.69. The molecule has 7 heteroatoms. The molecule has 1 aromatic carbocycles. The molecule has 0 spiro atoms. The molecule has 0 radical (unpaired) electrons. The van der Waals surface area contributed by atoms with Crippen LogP contribution in [-0.2, 0) is 6.54 Å². The smallest absolute Gasteiger partial charge is 0.276 e. The van der Waals surface area contributed by atoms with Crippen LogP contribution in [0.2, 0.25) is 5.02 Å². The average Bonchev–Trinajstić information content (AvgIpc) is 2.94. The molecule has 1 aromatic heterocycles. The van der Waals surface area contributed by atoms with Gasteiger partial charge in [-0.2, -0.15) is 0 Å². The maximum atomic E-state index is 12.4. The maximum Gasteiger partial charge on any atom is 0.276 e. The van der Waals surface area contributed by atoms with Crippen molar-refractivity contribution < 1.29 is 4.79 Å². The molecular weight excluding hydrogens is 290 g/mol. The Morgan fingerprint density at radius 3 is 2.86 bits per heavy atom. The molecule has 0 fully saturated rings. The Morgan fingerprint density at radius 2 is 2.19 bits per heavy atom. The van der Waals surface area contributed by atoms with Gasteiger partial charge in [0, 0.05) is 18.6 Å². The van der Waals surface area contributed by atoms with E-state index in [2.05, 4.69) is 10.3 Å². The number of amides is 1. The number of nitrogens with two attached hydrogens (primary N) is 1. The van der Waals surface area contributed by atoms with Gasteiger partial charge in [0.05, 0.1) is 18.8 Å². The maximum absolute atomic E-state index is 12.4. The minimum atomic E-state index is -0.203. The van der Waals surface area contributed by atoms with E-state index in [1.165, 1.54) is 0 Å². The number of benzene rings is 1. The number of rotatable bonds is 5. The third-order valence-corrected chi connectivity index (χ3v) is 3.72. The van der Waals surface area contributed by atoms with E-state index in [4.69, 9.17) is 17.3 Å². The van der Waals surface area contributed by atoms with Crippen molar-refractivity contribution >= 4 is 17.5 Å². The summed E-state index contributed by atoms with van der Waals surface area (Å²) in [5.74, 6) is -0.203. The highest BCUT2D eigenvalue weighted by Crippen LogP contribution is 2.26. The average molecular weight is 308 g/mol. The monoisotopic (exact) mass is 307 g/mol. The molecule has 21 heavy (non-hydrogen) atoms. The topological polar surface area (TPSA) is 77.0 Å². The lowest BCUT2D eigenvalue weighted by Gasteiger charge is -2.25. The summed E-state index contributed by atoms with van der Waals surface area (Å²) in [5.41, 5.74) is 6.64. The molecule has 2 rings (SSSR count). The Hall–Kier alpha value is -1.92. The number of halogens is 1. The minimum absolute atomic E-state index is 0.161. The van der Waals surface area contributed by atoms with Crippen LogP contribution in [-0.4, -0.2) is 39.4 Å². The summed E-state index contributed by atoms with van der Waals surface area (Å²) in [5, 5.41) is 8.40. The first-order chi connectivity index (χ1) is 10.0. The summed E-state index contributed by atoms with van der Waals surface area (Å²) in [6, 6.07) is 7.31. The van der Waals surface area contributed by atoms with Crippen molar-refractivity contribution in [1.29, 1.82) is 0 Å². The molecule has 0 aliphatic carbocycles. The first-order valence-electron chi connectivity index (χ1n) is 6.66. The predicted molar refractivity (Wildman–Crippen MR) is 81.0 cm³/mol. The summed E-state index contributed by atoms with van der Waals surface area (Å²) in [4.78, 5) is 14.0. The van der Waals surface area contributed by atoms with Gasteiger partial charge in [0.25, 0.3) is 5.91 Å². The number of hydrogen-bond acceptors (Lipinski definition) is 4. The summed E-state index contributed by atoms with van der Waals surface area (Å²) in [6.07, 6.45) is 1.60. The van der Waals surface area contributed by atoms with Crippen LogP contribution in [0.25, 0.3) is 0 Å². The van der Waals surface area contributed by atoms with Gasteiger partial charge < -0.3 is 10.6 Å². The zero-order chi connectivity index (χ0) is 15.4. The lowest BCUT2D eigenvalue weighted by atomic mass is 10.1. The van der Waals surface area contributed by atoms with Crippen molar-refractivity contribution in [1.82, 2.24) is 19.9 Å². The van der Waals surface area contributed by atoms with Crippen LogP contribution in [0.3, 0.4) is 0 Å². The second-order valence-electron chi connectivity index (χ2n) is 4.77. The number of carbonyl (C=O) groups is 1. The predicted octanol–water partition coefficient (Wildman–Crippen LogP) is 1.72. The van der Waals surface area contributed by atoms with Crippen LogP contribution in [0.1, 0.15) is 29.0 Å². The van der Waals surface area contributed by atoms with Crippen molar-refractivity contribution in [3.63, 3.8) is 0 Å². The molecule has 0 bridgehead atoms. The molecule has 6 nitrogen and oxygen atoms in total. The van der Waals surface area contributed by atoms with E-state index in [1.54, 1.807) is 22.8 Å². The van der Waals surface area contributed by atoms with Crippen LogP contribution < -0.4 is 5.73 Å². The lowest BCUT2D eigenvalue weighted by Crippen LogP contribution is -2.30. The van der Waals surface area contributed by atoms with E-state index in [9.17, 15) is 4.79 Å². The van der Waals surface area contributed by atoms with Crippen LogP contribution in [0.4, 0.5) is 0 Å². The summed E-state index contributed by atoms with van der Waals surface area (Å²) >= 11 is 6.18. The fourth-order valence-corrected chi connectivity index (χ4v) is 2.31. The third kappa shape index (κ3) is 3.40. The molecular formula is C14H18ClN5O. The molecule has 1 atom stereocenters. The highest BCUT2D eigenvalue weighted by Gasteiger charge is 2.22. The Bertz CT molecular complexity index is 627. The standard InChI is InChI=1S/C14H18ClN5O/c1-10(11-5-3-4-6-12(11)15)19(2)14(21)13-9-20(8-7-16)18-17-13/h3-6,9-10H,7-8,16H2,1-2H3. The summed E-state index contributed by atoms with van der Waals surface area (Å²) < 4.78 is 1.56. The Kier molecular flexibility index (Phi) is 4.93. The largest absolute Gasteiger partial charge is 0.333 e. The van der Waals surface area contributed by atoms with Gasteiger partial charge >= 0.3 is 0 Å². The van der Waals surface area contributed by atoms with Crippen molar-refractivity contribution in [2.75, 3.05) is 13.6 Å². The number of nitrogens with zero attached hydrogens (tertiary/aromatic N) is 4. The molecule has 1 amide bonds. The number of carbonyl (C=O) groups excluding carboxylic acids is 1. The second-order valence-corrected chi connectivity index (χ2v) is 5.18. The van der Waals surface area contributed by atoms with E-state index >= 15 is 0 Å². The quantitative estimate of drug-likeness (QED) is 0.912. The summed E-state index contributed by atoms with van der Waals surface area (Å²) in [7, 11) is 1.72. The summed E-state index contributed by atoms with van der Waals surface area (Å²) in [6.45, 7) is 2.90. The fourth-order valence-electron chi connectivity index (χ4n) is 2.02. The molecule has 2 aromatic rings. The first kappa shape index (κ1) is 15.5. The lowest BCUT2D eigenvalue weighted by molar-refractivity contribution is 0.0736. The minimum Gasteiger partial charge on any atom is -0.333 e. The van der Waals surface area contributed by atoms with Crippen molar-refractivity contribution in [3.05, 3.63) is 46.7 Å². The van der Waals surface area contributed by atoms with Crippen LogP contribution >= 0.6 is 11.6 Å². The van der Waals surface area contributed by atoms with Gasteiger partial charge in [0.1, 0.15) is 0 Å². The van der Waals surface area contributed by atoms with E-state index in [-0.39, 0.29) is 11.9 Å². The molecule has 0 saturated carbocycles. The van der Waals surface area contributed by atoms with Crippen LogP contribution in [0.15, 0.2) is 30.5 Å². The normalized spacial score (nSPS) is 12.2. The molecule has 1 unspecified atom stereocenters. The van der Waals surface area contributed by atoms with E-state index in [1.807, 2.05) is 31.2 Å². The Labute approximate surface area is 128 Å². The van der Waals surface area contributed by atoms with Gasteiger partial charge in [-0.05, 0) is 18.6 Å². The zero-order valence-corrected chi connectivity index (χ0v) is 12.8. The van der Waals surface area contributed by atoms with Crippen molar-refractivity contribution in [2.45, 2.75) is 19.5 Å². The van der Waals surface area contributed by atoms with Crippen molar-refractivity contribution in [2.24, 2.45) is 5.73 Å². The Balaban J connectivity index is 2.16. The number of hydrogen-bond donors (Lipinski definition) is 1. The zero-order valence-electron chi connectivity index (χ0n) is 12.0. The fraction of sp³-hybridized carbons (Fsp3) is 0.357. The highest BCUT2D eigenvalue weighted by molar-refractivity contribution is 6.31. The number of aromatic nitrogens is 3. The van der Waals surface area contributed by atoms with Gasteiger partial charge in [-0.15, -0.1) is 5.10 Å². The van der Waals surface area contributed by atoms with Gasteiger partial charge in [-0.1, -0.05) is 35.0 Å². The molecule has 1 heterocycles. The van der Waals surface area contributed by atoms with Gasteiger partial charge in [0.2, 0.25) is 0 Å². The first-order valence-corrected chi connectivity index (χ1v) is 7.04. The van der Waals surface area contributed by atoms with Crippen molar-refractivity contribution in [3.8, 4) is 0 Å². The molecule has 0 saturated heterocycles.